The molecule has 2 N–H and O–H groups in total. The number of fused-ring (bicyclic) bond motifs is 1. The summed E-state index contributed by atoms with van der Waals surface area (Å²) in [5.74, 6) is -0.617. The molecule has 1 aliphatic rings. The molecule has 2 heterocycles. The van der Waals surface area contributed by atoms with E-state index in [2.05, 4.69) is 32.6 Å². The smallest absolute Gasteiger partial charge is 0.267 e. The number of carbonyl (C=O) groups excluding carboxylic acids is 2. The molecule has 7 heteroatoms. The highest BCUT2D eigenvalue weighted by Crippen LogP contribution is 2.25. The molecule has 1 aliphatic heterocycles. The van der Waals surface area contributed by atoms with E-state index in [-0.39, 0.29) is 25.3 Å². The molecular formula is C17H18BrN3O3. The fourth-order valence-electron chi connectivity index (χ4n) is 3.17. The molecule has 24 heavy (non-hydrogen) atoms. The molecule has 1 fully saturated rings. The molecule has 1 saturated heterocycles. The lowest BCUT2D eigenvalue weighted by atomic mass is 10.1. The predicted molar refractivity (Wildman–Crippen MR) is 95.0 cm³/mol. The van der Waals surface area contributed by atoms with Crippen LogP contribution in [0.5, 0.6) is 0 Å². The van der Waals surface area contributed by atoms with E-state index in [4.69, 9.17) is 0 Å². The van der Waals surface area contributed by atoms with Crippen molar-refractivity contribution in [2.45, 2.75) is 31.4 Å². The summed E-state index contributed by atoms with van der Waals surface area (Å²) in [4.78, 5) is 32.3. The number of halogens is 1. The molecule has 1 aromatic heterocycles. The summed E-state index contributed by atoms with van der Waals surface area (Å²) in [6, 6.07) is 5.26. The van der Waals surface area contributed by atoms with Gasteiger partial charge in [0.1, 0.15) is 6.04 Å². The van der Waals surface area contributed by atoms with Crippen LogP contribution < -0.4 is 0 Å². The van der Waals surface area contributed by atoms with Gasteiger partial charge in [-0.05, 0) is 36.9 Å². The van der Waals surface area contributed by atoms with Crippen LogP contribution >= 0.6 is 15.9 Å². The van der Waals surface area contributed by atoms with E-state index in [1.165, 1.54) is 4.90 Å². The first kappa shape index (κ1) is 16.9. The zero-order valence-electron chi connectivity index (χ0n) is 13.0. The summed E-state index contributed by atoms with van der Waals surface area (Å²) in [7, 11) is 0. The van der Waals surface area contributed by atoms with Gasteiger partial charge in [0.05, 0.1) is 6.10 Å². The highest BCUT2D eigenvalue weighted by atomic mass is 79.9. The molecule has 0 spiro atoms. The van der Waals surface area contributed by atoms with Crippen LogP contribution in [-0.4, -0.2) is 52.2 Å². The first-order valence-electron chi connectivity index (χ1n) is 7.73. The molecule has 2 aromatic rings. The second kappa shape index (κ2) is 6.86. The number of hydrogen-bond acceptors (Lipinski definition) is 3. The lowest BCUT2D eigenvalue weighted by Gasteiger charge is -2.21. The number of nitrogens with zero attached hydrogens (tertiary/aromatic N) is 2. The number of benzene rings is 1. The fraction of sp³-hybridized carbons (Fsp3) is 0.353. The Morgan fingerprint density at radius 3 is 3.00 bits per heavy atom. The average molecular weight is 392 g/mol. The number of β-amino-alcohol motifs (C(OH)–C–C–N with tert-alkyl or cyclic N) is 1. The highest BCUT2D eigenvalue weighted by molar-refractivity contribution is 9.10. The van der Waals surface area contributed by atoms with Crippen molar-refractivity contribution < 1.29 is 14.7 Å². The number of likely N-dealkylation sites (tertiary alicyclic amines) is 1. The number of H-pyrrole nitrogens is 1. The van der Waals surface area contributed by atoms with Gasteiger partial charge in [0.25, 0.3) is 5.91 Å². The Balaban J connectivity index is 1.71. The van der Waals surface area contributed by atoms with Crippen LogP contribution in [0.3, 0.4) is 0 Å². The molecule has 2 atom stereocenters. The summed E-state index contributed by atoms with van der Waals surface area (Å²) < 4.78 is 0.979. The van der Waals surface area contributed by atoms with Crippen molar-refractivity contribution >= 4 is 45.4 Å². The van der Waals surface area contributed by atoms with Crippen molar-refractivity contribution in [3.05, 3.63) is 34.4 Å². The Morgan fingerprint density at radius 2 is 2.25 bits per heavy atom. The quantitative estimate of drug-likeness (QED) is 0.781. The number of hydrogen-bond donors (Lipinski definition) is 2. The largest absolute Gasteiger partial charge is 0.391 e. The molecule has 0 aliphatic carbocycles. The summed E-state index contributed by atoms with van der Waals surface area (Å²) in [6.45, 7) is 3.40. The summed E-state index contributed by atoms with van der Waals surface area (Å²) in [5, 5.41) is 10.8. The first-order chi connectivity index (χ1) is 11.5. The molecule has 6 nitrogen and oxygen atoms in total. The van der Waals surface area contributed by atoms with Crippen molar-refractivity contribution in [3.8, 4) is 0 Å². The van der Waals surface area contributed by atoms with Gasteiger partial charge in [0, 0.05) is 41.0 Å². The number of aliphatic hydroxyl groups excluding tert-OH is 1. The Kier molecular flexibility index (Phi) is 4.82. The van der Waals surface area contributed by atoms with Crippen molar-refractivity contribution in [3.63, 3.8) is 0 Å². The van der Waals surface area contributed by atoms with Crippen LogP contribution in [0.25, 0.3) is 10.9 Å². The topological polar surface area (TPSA) is 85.8 Å². The predicted octanol–water partition coefficient (Wildman–Crippen LogP) is 2.05. The summed E-state index contributed by atoms with van der Waals surface area (Å²) >= 11 is 3.45. The normalized spacial score (nSPS) is 20.5. The van der Waals surface area contributed by atoms with Gasteiger partial charge in [-0.25, -0.2) is 4.99 Å². The van der Waals surface area contributed by atoms with Crippen LogP contribution in [0.1, 0.15) is 18.4 Å². The third-order valence-corrected chi connectivity index (χ3v) is 4.87. The molecule has 0 radical (unpaired) electrons. The average Bonchev–Trinajstić information content (AvgIpc) is 3.15. The highest BCUT2D eigenvalue weighted by Gasteiger charge is 2.38. The Hall–Kier alpha value is -1.99. The Labute approximate surface area is 147 Å². The van der Waals surface area contributed by atoms with Gasteiger partial charge in [-0.15, -0.1) is 0 Å². The summed E-state index contributed by atoms with van der Waals surface area (Å²) in [6.07, 6.45) is 2.27. The van der Waals surface area contributed by atoms with Gasteiger partial charge in [0.2, 0.25) is 5.91 Å². The van der Waals surface area contributed by atoms with Crippen LogP contribution in [0, 0.1) is 0 Å². The number of amides is 2. The standard InChI is InChI=1S/C17H18BrN3O3/c1-19-17(24)15-7-12(22)9-21(15)16(23)5-2-10-8-20-14-4-3-11(18)6-13(10)14/h3-4,6,8,12,15,20,22H,1-2,5,7,9H2/t12-,15+/m1/s1. The zero-order chi connectivity index (χ0) is 17.3. The van der Waals surface area contributed by atoms with E-state index in [0.29, 0.717) is 6.42 Å². The number of aliphatic hydroxyl groups is 1. The molecule has 1 aromatic carbocycles. The number of rotatable bonds is 4. The van der Waals surface area contributed by atoms with Crippen molar-refractivity contribution in [1.29, 1.82) is 0 Å². The molecule has 126 valence electrons. The maximum atomic E-state index is 12.5. The monoisotopic (exact) mass is 391 g/mol. The molecule has 3 rings (SSSR count). The van der Waals surface area contributed by atoms with Crippen molar-refractivity contribution in [1.82, 2.24) is 9.88 Å². The van der Waals surface area contributed by atoms with Gasteiger partial charge in [-0.1, -0.05) is 15.9 Å². The van der Waals surface area contributed by atoms with E-state index in [9.17, 15) is 14.7 Å². The lowest BCUT2D eigenvalue weighted by molar-refractivity contribution is -0.137. The van der Waals surface area contributed by atoms with Crippen molar-refractivity contribution in [2.24, 2.45) is 4.99 Å². The minimum atomic E-state index is -0.692. The van der Waals surface area contributed by atoms with Gasteiger partial charge < -0.3 is 15.0 Å². The maximum absolute atomic E-state index is 12.5. The van der Waals surface area contributed by atoms with Crippen LogP contribution in [-0.2, 0) is 16.0 Å². The molecule has 0 saturated carbocycles. The number of aromatic nitrogens is 1. The van der Waals surface area contributed by atoms with Gasteiger partial charge in [-0.2, -0.15) is 0 Å². The molecular weight excluding hydrogens is 374 g/mol. The second-order valence-corrected chi connectivity index (χ2v) is 6.87. The number of carbonyl (C=O) groups is 2. The van der Waals surface area contributed by atoms with Crippen LogP contribution in [0.4, 0.5) is 0 Å². The lowest BCUT2D eigenvalue weighted by Crippen LogP contribution is -2.40. The van der Waals surface area contributed by atoms with E-state index >= 15 is 0 Å². The Morgan fingerprint density at radius 1 is 1.46 bits per heavy atom. The van der Waals surface area contributed by atoms with Gasteiger partial charge in [-0.3, -0.25) is 9.59 Å². The Bertz CT molecular complexity index is 801. The number of aryl methyl sites for hydroxylation is 1. The number of aromatic amines is 1. The zero-order valence-corrected chi connectivity index (χ0v) is 14.6. The van der Waals surface area contributed by atoms with Gasteiger partial charge in [0.15, 0.2) is 0 Å². The van der Waals surface area contributed by atoms with Crippen molar-refractivity contribution in [2.75, 3.05) is 6.54 Å². The van der Waals surface area contributed by atoms with Gasteiger partial charge >= 0.3 is 0 Å². The first-order valence-corrected chi connectivity index (χ1v) is 8.52. The van der Waals surface area contributed by atoms with E-state index in [0.717, 1.165) is 20.9 Å². The van der Waals surface area contributed by atoms with Crippen LogP contribution in [0.2, 0.25) is 0 Å². The minimum Gasteiger partial charge on any atom is -0.391 e. The maximum Gasteiger partial charge on any atom is 0.267 e. The van der Waals surface area contributed by atoms with Crippen LogP contribution in [0.15, 0.2) is 33.9 Å². The minimum absolute atomic E-state index is 0.155. The van der Waals surface area contributed by atoms with E-state index in [1.807, 2.05) is 24.4 Å². The second-order valence-electron chi connectivity index (χ2n) is 5.95. The SMILES string of the molecule is C=NC(=O)[C@@H]1C[C@@H](O)CN1C(=O)CCc1c[nH]c2ccc(Br)cc12. The third kappa shape index (κ3) is 3.27. The van der Waals surface area contributed by atoms with E-state index in [1.54, 1.807) is 0 Å². The molecule has 0 bridgehead atoms. The van der Waals surface area contributed by atoms with E-state index < -0.39 is 18.1 Å². The fourth-order valence-corrected chi connectivity index (χ4v) is 3.53. The summed E-state index contributed by atoms with van der Waals surface area (Å²) in [5.41, 5.74) is 2.06. The molecule has 0 unspecified atom stereocenters. The third-order valence-electron chi connectivity index (χ3n) is 4.38. The number of nitrogens with one attached hydrogen (secondary N) is 1. The number of aliphatic imine (C=N–C) groups is 1. The molecule has 2 amide bonds.